The zero-order valence-corrected chi connectivity index (χ0v) is 17.7. The van der Waals surface area contributed by atoms with Crippen molar-refractivity contribution in [2.75, 3.05) is 13.2 Å². The fraction of sp³-hybridized carbons (Fsp3) is 0.174. The molecule has 0 saturated heterocycles. The molecule has 0 fully saturated rings. The number of para-hydroxylation sites is 1. The molecule has 0 atom stereocenters. The van der Waals surface area contributed by atoms with Gasteiger partial charge in [0.2, 0.25) is 0 Å². The van der Waals surface area contributed by atoms with Gasteiger partial charge in [0.05, 0.1) is 15.1 Å². The van der Waals surface area contributed by atoms with Crippen molar-refractivity contribution in [3.8, 4) is 9.88 Å². The van der Waals surface area contributed by atoms with Gasteiger partial charge in [0.1, 0.15) is 9.88 Å². The molecule has 5 rings (SSSR count). The zero-order valence-electron chi connectivity index (χ0n) is 16.0. The third-order valence-electron chi connectivity index (χ3n) is 5.12. The van der Waals surface area contributed by atoms with Gasteiger partial charge in [-0.3, -0.25) is 4.79 Å². The van der Waals surface area contributed by atoms with Crippen molar-refractivity contribution in [2.24, 2.45) is 0 Å². The van der Waals surface area contributed by atoms with Gasteiger partial charge in [0.15, 0.2) is 6.61 Å². The molecule has 3 heterocycles. The third-order valence-corrected chi connectivity index (χ3v) is 7.39. The van der Waals surface area contributed by atoms with Crippen molar-refractivity contribution in [3.05, 3.63) is 76.7 Å². The van der Waals surface area contributed by atoms with Crippen molar-refractivity contribution in [2.45, 2.75) is 13.0 Å². The summed E-state index contributed by atoms with van der Waals surface area (Å²) in [4.78, 5) is 32.7. The quantitative estimate of drug-likeness (QED) is 0.434. The standard InChI is InChI=1S/C23H18N2O3S2/c26-21(25-12-11-15-5-1-2-6-16(15)13-25)14-28-23(27)20-10-9-19(29-20)22-24-17-7-3-4-8-18(17)30-22/h1-10H,11-14H2. The average molecular weight is 435 g/mol. The van der Waals surface area contributed by atoms with Crippen LogP contribution in [0.15, 0.2) is 60.7 Å². The molecule has 5 nitrogen and oxygen atoms in total. The van der Waals surface area contributed by atoms with Gasteiger partial charge in [-0.05, 0) is 41.8 Å². The lowest BCUT2D eigenvalue weighted by atomic mass is 10.00. The lowest BCUT2D eigenvalue weighted by molar-refractivity contribution is -0.135. The van der Waals surface area contributed by atoms with Crippen LogP contribution in [-0.4, -0.2) is 34.9 Å². The van der Waals surface area contributed by atoms with Gasteiger partial charge >= 0.3 is 5.97 Å². The number of hydrogen-bond donors (Lipinski definition) is 0. The Morgan fingerprint density at radius 1 is 0.967 bits per heavy atom. The summed E-state index contributed by atoms with van der Waals surface area (Å²) in [5, 5.41) is 0.878. The minimum absolute atomic E-state index is 0.166. The first-order valence-corrected chi connectivity index (χ1v) is 11.3. The number of hydrogen-bond acceptors (Lipinski definition) is 6. The van der Waals surface area contributed by atoms with E-state index in [1.807, 2.05) is 48.5 Å². The summed E-state index contributed by atoms with van der Waals surface area (Å²) in [5.74, 6) is -0.640. The Morgan fingerprint density at radius 3 is 2.63 bits per heavy atom. The number of amides is 1. The Hall–Kier alpha value is -3.03. The van der Waals surface area contributed by atoms with E-state index in [0.29, 0.717) is 18.0 Å². The van der Waals surface area contributed by atoms with E-state index < -0.39 is 5.97 Å². The monoisotopic (exact) mass is 434 g/mol. The van der Waals surface area contributed by atoms with E-state index in [2.05, 4.69) is 11.1 Å². The van der Waals surface area contributed by atoms with Crippen LogP contribution >= 0.6 is 22.7 Å². The van der Waals surface area contributed by atoms with Gasteiger partial charge in [-0.25, -0.2) is 9.78 Å². The van der Waals surface area contributed by atoms with Gasteiger partial charge < -0.3 is 9.64 Å². The molecule has 2 aromatic carbocycles. The van der Waals surface area contributed by atoms with Crippen LogP contribution in [0.5, 0.6) is 0 Å². The highest BCUT2D eigenvalue weighted by Gasteiger charge is 2.22. The third kappa shape index (κ3) is 3.74. The number of benzene rings is 2. The molecular formula is C23H18N2O3S2. The molecule has 0 saturated carbocycles. The van der Waals surface area contributed by atoms with Crippen LogP contribution in [0, 0.1) is 0 Å². The second kappa shape index (κ2) is 8.01. The van der Waals surface area contributed by atoms with Gasteiger partial charge in [-0.1, -0.05) is 36.4 Å². The summed E-state index contributed by atoms with van der Waals surface area (Å²) in [6, 6.07) is 19.7. The van der Waals surface area contributed by atoms with Crippen LogP contribution in [0.4, 0.5) is 0 Å². The van der Waals surface area contributed by atoms with E-state index in [4.69, 9.17) is 4.74 Å². The lowest BCUT2D eigenvalue weighted by Crippen LogP contribution is -2.38. The molecule has 2 aromatic heterocycles. The van der Waals surface area contributed by atoms with Crippen molar-refractivity contribution < 1.29 is 14.3 Å². The summed E-state index contributed by atoms with van der Waals surface area (Å²) in [6.45, 7) is 0.969. The molecule has 0 radical (unpaired) electrons. The second-order valence-electron chi connectivity index (χ2n) is 7.06. The Kier molecular flexibility index (Phi) is 5.06. The molecule has 150 valence electrons. The molecule has 7 heteroatoms. The number of rotatable bonds is 4. The van der Waals surface area contributed by atoms with E-state index >= 15 is 0 Å². The molecule has 0 unspecified atom stereocenters. The highest BCUT2D eigenvalue weighted by molar-refractivity contribution is 7.26. The first kappa shape index (κ1) is 19.0. The largest absolute Gasteiger partial charge is 0.451 e. The Balaban J connectivity index is 1.22. The first-order valence-electron chi connectivity index (χ1n) is 9.65. The second-order valence-corrected chi connectivity index (χ2v) is 9.18. The topological polar surface area (TPSA) is 59.5 Å². The fourth-order valence-electron chi connectivity index (χ4n) is 3.54. The summed E-state index contributed by atoms with van der Waals surface area (Å²) in [5.41, 5.74) is 3.38. The molecule has 4 aromatic rings. The van der Waals surface area contributed by atoms with E-state index in [0.717, 1.165) is 32.1 Å². The highest BCUT2D eigenvalue weighted by atomic mass is 32.1. The van der Waals surface area contributed by atoms with Crippen LogP contribution in [0.25, 0.3) is 20.1 Å². The van der Waals surface area contributed by atoms with Crippen molar-refractivity contribution >= 4 is 44.8 Å². The van der Waals surface area contributed by atoms with Crippen LogP contribution in [-0.2, 0) is 22.5 Å². The molecule has 30 heavy (non-hydrogen) atoms. The van der Waals surface area contributed by atoms with Crippen LogP contribution in [0.2, 0.25) is 0 Å². The normalized spacial score (nSPS) is 13.3. The molecule has 0 spiro atoms. The van der Waals surface area contributed by atoms with Gasteiger partial charge in [0.25, 0.3) is 5.91 Å². The number of carbonyl (C=O) groups is 2. The summed E-state index contributed by atoms with van der Waals surface area (Å²) >= 11 is 2.93. The van der Waals surface area contributed by atoms with Gasteiger partial charge in [-0.2, -0.15) is 0 Å². The number of carbonyl (C=O) groups excluding carboxylic acids is 2. The number of nitrogens with zero attached hydrogens (tertiary/aromatic N) is 2. The van der Waals surface area contributed by atoms with Crippen molar-refractivity contribution in [3.63, 3.8) is 0 Å². The maximum absolute atomic E-state index is 12.5. The molecule has 0 bridgehead atoms. The summed E-state index contributed by atoms with van der Waals surface area (Å²) in [6.07, 6.45) is 0.826. The fourth-order valence-corrected chi connectivity index (χ4v) is 5.46. The lowest BCUT2D eigenvalue weighted by Gasteiger charge is -2.28. The van der Waals surface area contributed by atoms with Crippen LogP contribution < -0.4 is 0 Å². The number of ether oxygens (including phenoxy) is 1. The van der Waals surface area contributed by atoms with E-state index in [9.17, 15) is 9.59 Å². The summed E-state index contributed by atoms with van der Waals surface area (Å²) in [7, 11) is 0. The molecule has 0 N–H and O–H groups in total. The van der Waals surface area contributed by atoms with Crippen LogP contribution in [0.1, 0.15) is 20.8 Å². The smallest absolute Gasteiger partial charge is 0.348 e. The minimum Gasteiger partial charge on any atom is -0.451 e. The van der Waals surface area contributed by atoms with Crippen LogP contribution in [0.3, 0.4) is 0 Å². The van der Waals surface area contributed by atoms with Gasteiger partial charge in [-0.15, -0.1) is 22.7 Å². The average Bonchev–Trinajstić information content (AvgIpc) is 3.44. The van der Waals surface area contributed by atoms with Gasteiger partial charge in [0, 0.05) is 13.1 Å². The molecule has 1 aliphatic heterocycles. The van der Waals surface area contributed by atoms with Crippen molar-refractivity contribution in [1.82, 2.24) is 9.88 Å². The van der Waals surface area contributed by atoms with E-state index in [1.54, 1.807) is 22.3 Å². The summed E-state index contributed by atoms with van der Waals surface area (Å²) < 4.78 is 6.41. The zero-order chi connectivity index (χ0) is 20.5. The molecule has 1 amide bonds. The first-order chi connectivity index (χ1) is 14.7. The Morgan fingerprint density at radius 2 is 1.77 bits per heavy atom. The maximum atomic E-state index is 12.5. The minimum atomic E-state index is -0.474. The molecule has 0 aliphatic carbocycles. The van der Waals surface area contributed by atoms with E-state index in [1.165, 1.54) is 16.9 Å². The SMILES string of the molecule is O=C(OCC(=O)N1CCc2ccccc2C1)c1ccc(-c2nc3ccccc3s2)s1. The predicted molar refractivity (Wildman–Crippen MR) is 119 cm³/mol. The number of thiophene rings is 1. The predicted octanol–water partition coefficient (Wildman–Crippen LogP) is 4.77. The highest BCUT2D eigenvalue weighted by Crippen LogP contribution is 2.34. The number of fused-ring (bicyclic) bond motifs is 2. The number of esters is 1. The Bertz CT molecular complexity index is 1210. The van der Waals surface area contributed by atoms with E-state index in [-0.39, 0.29) is 12.5 Å². The number of thiazole rings is 1. The van der Waals surface area contributed by atoms with Crippen molar-refractivity contribution in [1.29, 1.82) is 0 Å². The maximum Gasteiger partial charge on any atom is 0.348 e. The Labute approximate surface area is 181 Å². The molecule has 1 aliphatic rings. The molecular weight excluding hydrogens is 416 g/mol. The number of aromatic nitrogens is 1.